The standard InChI is InChI=1S/C16H16BrNOS/c1-11-2-5-14(15(17)8-11)16(19)18(13-3-4-13)9-12-6-7-20-10-12/h2,5-8,10,13H,3-4,9H2,1H3. The molecule has 1 heterocycles. The van der Waals surface area contributed by atoms with Gasteiger partial charge in [0.25, 0.3) is 5.91 Å². The summed E-state index contributed by atoms with van der Waals surface area (Å²) in [5, 5.41) is 4.18. The van der Waals surface area contributed by atoms with Gasteiger partial charge in [-0.1, -0.05) is 6.07 Å². The molecule has 104 valence electrons. The summed E-state index contributed by atoms with van der Waals surface area (Å²) in [5.74, 6) is 0.130. The molecule has 0 bridgehead atoms. The van der Waals surface area contributed by atoms with E-state index in [1.54, 1.807) is 11.3 Å². The summed E-state index contributed by atoms with van der Waals surface area (Å²) in [7, 11) is 0. The van der Waals surface area contributed by atoms with E-state index in [-0.39, 0.29) is 5.91 Å². The van der Waals surface area contributed by atoms with E-state index in [9.17, 15) is 4.79 Å². The minimum atomic E-state index is 0.130. The zero-order chi connectivity index (χ0) is 14.1. The molecule has 0 aliphatic heterocycles. The van der Waals surface area contributed by atoms with Gasteiger partial charge in [-0.25, -0.2) is 0 Å². The lowest BCUT2D eigenvalue weighted by Gasteiger charge is -2.22. The molecule has 20 heavy (non-hydrogen) atoms. The highest BCUT2D eigenvalue weighted by Gasteiger charge is 2.33. The molecule has 0 saturated heterocycles. The largest absolute Gasteiger partial charge is 0.331 e. The Hall–Kier alpha value is -1.13. The van der Waals surface area contributed by atoms with Gasteiger partial charge in [-0.15, -0.1) is 0 Å². The van der Waals surface area contributed by atoms with Gasteiger partial charge in [-0.05, 0) is 75.8 Å². The molecule has 1 aliphatic carbocycles. The van der Waals surface area contributed by atoms with E-state index in [2.05, 4.69) is 32.8 Å². The van der Waals surface area contributed by atoms with Crippen LogP contribution in [0.5, 0.6) is 0 Å². The third-order valence-corrected chi connectivity index (χ3v) is 4.92. The van der Waals surface area contributed by atoms with Crippen LogP contribution in [-0.2, 0) is 6.54 Å². The average Bonchev–Trinajstić information content (AvgIpc) is 3.12. The van der Waals surface area contributed by atoms with Gasteiger partial charge >= 0.3 is 0 Å². The monoisotopic (exact) mass is 349 g/mol. The Bertz CT molecular complexity index is 619. The van der Waals surface area contributed by atoms with E-state index < -0.39 is 0 Å². The summed E-state index contributed by atoms with van der Waals surface area (Å²) in [4.78, 5) is 14.8. The van der Waals surface area contributed by atoms with Crippen molar-refractivity contribution >= 4 is 33.2 Å². The molecule has 3 rings (SSSR count). The van der Waals surface area contributed by atoms with Gasteiger partial charge in [0, 0.05) is 17.1 Å². The predicted octanol–water partition coefficient (Wildman–Crippen LogP) is 4.62. The molecular weight excluding hydrogens is 334 g/mol. The Morgan fingerprint density at radius 3 is 2.80 bits per heavy atom. The van der Waals surface area contributed by atoms with Gasteiger partial charge in [-0.2, -0.15) is 11.3 Å². The summed E-state index contributed by atoms with van der Waals surface area (Å²) < 4.78 is 0.887. The van der Waals surface area contributed by atoms with Crippen molar-refractivity contribution < 1.29 is 4.79 Å². The van der Waals surface area contributed by atoms with Crippen LogP contribution in [0.25, 0.3) is 0 Å². The summed E-state index contributed by atoms with van der Waals surface area (Å²) in [6.07, 6.45) is 2.25. The molecule has 0 N–H and O–H groups in total. The van der Waals surface area contributed by atoms with Gasteiger partial charge in [0.05, 0.1) is 5.56 Å². The maximum Gasteiger partial charge on any atom is 0.255 e. The molecule has 1 aromatic carbocycles. The molecular formula is C16H16BrNOS. The van der Waals surface area contributed by atoms with Crippen LogP contribution in [0.15, 0.2) is 39.5 Å². The first-order valence-corrected chi connectivity index (χ1v) is 8.47. The van der Waals surface area contributed by atoms with Gasteiger partial charge in [-0.3, -0.25) is 4.79 Å². The Morgan fingerprint density at radius 1 is 1.40 bits per heavy atom. The number of amides is 1. The molecule has 1 amide bonds. The van der Waals surface area contributed by atoms with Crippen LogP contribution in [0, 0.1) is 6.92 Å². The number of nitrogens with zero attached hydrogens (tertiary/aromatic N) is 1. The molecule has 1 aliphatic rings. The highest BCUT2D eigenvalue weighted by molar-refractivity contribution is 9.10. The van der Waals surface area contributed by atoms with Gasteiger partial charge < -0.3 is 4.90 Å². The first kappa shape index (κ1) is 13.8. The van der Waals surface area contributed by atoms with Crippen LogP contribution in [0.4, 0.5) is 0 Å². The molecule has 1 saturated carbocycles. The zero-order valence-electron chi connectivity index (χ0n) is 11.3. The van der Waals surface area contributed by atoms with Crippen LogP contribution in [0.1, 0.15) is 34.3 Å². The molecule has 1 aromatic heterocycles. The number of rotatable bonds is 4. The Morgan fingerprint density at radius 2 is 2.20 bits per heavy atom. The molecule has 0 spiro atoms. The lowest BCUT2D eigenvalue weighted by atomic mass is 10.1. The van der Waals surface area contributed by atoms with Crippen molar-refractivity contribution in [3.63, 3.8) is 0 Å². The summed E-state index contributed by atoms with van der Waals surface area (Å²) in [6, 6.07) is 8.43. The van der Waals surface area contributed by atoms with Crippen LogP contribution in [-0.4, -0.2) is 16.8 Å². The topological polar surface area (TPSA) is 20.3 Å². The third-order valence-electron chi connectivity index (χ3n) is 3.54. The molecule has 1 fully saturated rings. The fourth-order valence-electron chi connectivity index (χ4n) is 2.28. The summed E-state index contributed by atoms with van der Waals surface area (Å²) in [6.45, 7) is 2.75. The van der Waals surface area contributed by atoms with Crippen molar-refractivity contribution in [2.75, 3.05) is 0 Å². The summed E-state index contributed by atoms with van der Waals surface area (Å²) >= 11 is 5.20. The fraction of sp³-hybridized carbons (Fsp3) is 0.312. The second kappa shape index (κ2) is 5.70. The Kier molecular flexibility index (Phi) is 3.94. The second-order valence-corrected chi connectivity index (χ2v) is 6.91. The van der Waals surface area contributed by atoms with Gasteiger partial charge in [0.1, 0.15) is 0 Å². The SMILES string of the molecule is Cc1ccc(C(=O)N(Cc2ccsc2)C2CC2)c(Br)c1. The van der Waals surface area contributed by atoms with Crippen molar-refractivity contribution in [3.05, 3.63) is 56.2 Å². The number of aryl methyl sites for hydroxylation is 1. The number of halogens is 1. The highest BCUT2D eigenvalue weighted by Crippen LogP contribution is 2.31. The maximum atomic E-state index is 12.8. The number of carbonyl (C=O) groups is 1. The van der Waals surface area contributed by atoms with Crippen molar-refractivity contribution in [1.29, 1.82) is 0 Å². The molecule has 2 aromatic rings. The molecule has 2 nitrogen and oxygen atoms in total. The maximum absolute atomic E-state index is 12.8. The predicted molar refractivity (Wildman–Crippen MR) is 86.1 cm³/mol. The van der Waals surface area contributed by atoms with E-state index in [0.717, 1.165) is 28.4 Å². The highest BCUT2D eigenvalue weighted by atomic mass is 79.9. The zero-order valence-corrected chi connectivity index (χ0v) is 13.7. The van der Waals surface area contributed by atoms with Gasteiger partial charge in [0.2, 0.25) is 0 Å². The van der Waals surface area contributed by atoms with Crippen molar-refractivity contribution in [1.82, 2.24) is 4.90 Å². The van der Waals surface area contributed by atoms with Crippen molar-refractivity contribution in [3.8, 4) is 0 Å². The molecule has 0 unspecified atom stereocenters. The first-order valence-electron chi connectivity index (χ1n) is 6.73. The first-order chi connectivity index (χ1) is 9.65. The molecule has 0 radical (unpaired) electrons. The quantitative estimate of drug-likeness (QED) is 0.788. The second-order valence-electron chi connectivity index (χ2n) is 5.28. The number of carbonyl (C=O) groups excluding carboxylic acids is 1. The lowest BCUT2D eigenvalue weighted by Crippen LogP contribution is -2.32. The van der Waals surface area contributed by atoms with E-state index in [0.29, 0.717) is 12.6 Å². The number of benzene rings is 1. The normalized spacial score (nSPS) is 14.3. The minimum absolute atomic E-state index is 0.130. The smallest absolute Gasteiger partial charge is 0.255 e. The van der Waals surface area contributed by atoms with Crippen molar-refractivity contribution in [2.24, 2.45) is 0 Å². The molecule has 4 heteroatoms. The van der Waals surface area contributed by atoms with Crippen molar-refractivity contribution in [2.45, 2.75) is 32.4 Å². The van der Waals surface area contributed by atoms with Crippen LogP contribution < -0.4 is 0 Å². The van der Waals surface area contributed by atoms with E-state index in [4.69, 9.17) is 0 Å². The molecule has 0 atom stereocenters. The Balaban J connectivity index is 1.85. The van der Waals surface area contributed by atoms with Crippen LogP contribution >= 0.6 is 27.3 Å². The van der Waals surface area contributed by atoms with Gasteiger partial charge in [0.15, 0.2) is 0 Å². The van der Waals surface area contributed by atoms with E-state index in [1.807, 2.05) is 30.0 Å². The number of hydrogen-bond donors (Lipinski definition) is 0. The van der Waals surface area contributed by atoms with E-state index >= 15 is 0 Å². The van der Waals surface area contributed by atoms with Crippen LogP contribution in [0.2, 0.25) is 0 Å². The Labute approximate surface area is 131 Å². The average molecular weight is 350 g/mol. The third kappa shape index (κ3) is 2.96. The number of thiophene rings is 1. The summed E-state index contributed by atoms with van der Waals surface area (Å²) in [5.41, 5.74) is 3.14. The lowest BCUT2D eigenvalue weighted by molar-refractivity contribution is 0.0729. The fourth-order valence-corrected chi connectivity index (χ4v) is 3.60. The van der Waals surface area contributed by atoms with Crippen LogP contribution in [0.3, 0.4) is 0 Å². The minimum Gasteiger partial charge on any atom is -0.331 e. The van der Waals surface area contributed by atoms with E-state index in [1.165, 1.54) is 5.56 Å². The number of hydrogen-bond acceptors (Lipinski definition) is 2.